The highest BCUT2D eigenvalue weighted by atomic mass is 16.5. The molecule has 2 atom stereocenters. The molecule has 2 rings (SSSR count). The van der Waals surface area contributed by atoms with Crippen molar-refractivity contribution in [2.45, 2.75) is 31.9 Å². The van der Waals surface area contributed by atoms with Gasteiger partial charge in [-0.25, -0.2) is 0 Å². The predicted octanol–water partition coefficient (Wildman–Crippen LogP) is 1.96. The van der Waals surface area contributed by atoms with Crippen LogP contribution in [0.25, 0.3) is 0 Å². The fraction of sp³-hybridized carbons (Fsp3) is 0.625. The van der Waals surface area contributed by atoms with Crippen molar-refractivity contribution in [3.8, 4) is 17.2 Å². The Hall–Kier alpha value is -1.46. The summed E-state index contributed by atoms with van der Waals surface area (Å²) in [6.07, 6.45) is 3.00. The number of aliphatic hydroxyl groups excluding tert-OH is 1. The van der Waals surface area contributed by atoms with Crippen LogP contribution in [-0.4, -0.2) is 39.1 Å². The largest absolute Gasteiger partial charge is 0.493 e. The smallest absolute Gasteiger partial charge is 0.203 e. The quantitative estimate of drug-likeness (QED) is 0.805. The molecule has 1 aromatic carbocycles. The Balaban J connectivity index is 1.99. The van der Waals surface area contributed by atoms with Gasteiger partial charge < -0.3 is 24.6 Å². The zero-order valence-electron chi connectivity index (χ0n) is 13.0. The first-order chi connectivity index (χ1) is 10.2. The second-order valence-electron chi connectivity index (χ2n) is 5.42. The first-order valence-corrected chi connectivity index (χ1v) is 7.37. The second-order valence-corrected chi connectivity index (χ2v) is 5.42. The summed E-state index contributed by atoms with van der Waals surface area (Å²) in [7, 11) is 4.83. The number of benzene rings is 1. The Kier molecular flexibility index (Phi) is 5.70. The highest BCUT2D eigenvalue weighted by molar-refractivity contribution is 5.53. The Morgan fingerprint density at radius 2 is 1.76 bits per heavy atom. The molecule has 0 heterocycles. The van der Waals surface area contributed by atoms with Crippen molar-refractivity contribution < 1.29 is 19.3 Å². The molecule has 0 aromatic heterocycles. The van der Waals surface area contributed by atoms with Gasteiger partial charge in [0, 0.05) is 13.1 Å². The van der Waals surface area contributed by atoms with E-state index in [1.54, 1.807) is 21.3 Å². The Morgan fingerprint density at radius 1 is 1.10 bits per heavy atom. The summed E-state index contributed by atoms with van der Waals surface area (Å²) in [4.78, 5) is 0. The maximum absolute atomic E-state index is 9.82. The lowest BCUT2D eigenvalue weighted by Crippen LogP contribution is -2.27. The van der Waals surface area contributed by atoms with Crippen LogP contribution in [0.5, 0.6) is 17.2 Å². The molecule has 0 saturated heterocycles. The zero-order valence-corrected chi connectivity index (χ0v) is 13.0. The molecule has 1 aliphatic carbocycles. The highest BCUT2D eigenvalue weighted by Gasteiger charge is 2.24. The SMILES string of the molecule is COc1cc(CNCC2CCCC2O)cc(OC)c1OC. The van der Waals surface area contributed by atoms with E-state index in [4.69, 9.17) is 14.2 Å². The van der Waals surface area contributed by atoms with Crippen LogP contribution in [0, 0.1) is 5.92 Å². The van der Waals surface area contributed by atoms with Crippen LogP contribution >= 0.6 is 0 Å². The number of ether oxygens (including phenoxy) is 3. The van der Waals surface area contributed by atoms with Gasteiger partial charge in [0.15, 0.2) is 11.5 Å². The summed E-state index contributed by atoms with van der Waals surface area (Å²) < 4.78 is 16.0. The van der Waals surface area contributed by atoms with Crippen LogP contribution < -0.4 is 19.5 Å². The number of hydrogen-bond acceptors (Lipinski definition) is 5. The van der Waals surface area contributed by atoms with Gasteiger partial charge in [-0.2, -0.15) is 0 Å². The summed E-state index contributed by atoms with van der Waals surface area (Å²) in [6.45, 7) is 1.54. The molecule has 2 N–H and O–H groups in total. The van der Waals surface area contributed by atoms with E-state index >= 15 is 0 Å². The van der Waals surface area contributed by atoms with E-state index in [2.05, 4.69) is 5.32 Å². The van der Waals surface area contributed by atoms with Gasteiger partial charge in [-0.3, -0.25) is 0 Å². The fourth-order valence-electron chi connectivity index (χ4n) is 2.89. The van der Waals surface area contributed by atoms with E-state index in [1.165, 1.54) is 0 Å². The van der Waals surface area contributed by atoms with E-state index < -0.39 is 0 Å². The Bertz CT molecular complexity index is 439. The molecule has 21 heavy (non-hydrogen) atoms. The highest BCUT2D eigenvalue weighted by Crippen LogP contribution is 2.38. The molecule has 118 valence electrons. The Labute approximate surface area is 126 Å². The van der Waals surface area contributed by atoms with Crippen LogP contribution in [-0.2, 0) is 6.54 Å². The summed E-state index contributed by atoms with van der Waals surface area (Å²) in [5, 5.41) is 13.2. The number of rotatable bonds is 7. The van der Waals surface area contributed by atoms with Crippen molar-refractivity contribution in [3.05, 3.63) is 17.7 Å². The maximum atomic E-state index is 9.82. The van der Waals surface area contributed by atoms with E-state index in [0.717, 1.165) is 31.4 Å². The van der Waals surface area contributed by atoms with E-state index in [-0.39, 0.29) is 6.10 Å². The maximum Gasteiger partial charge on any atom is 0.203 e. The van der Waals surface area contributed by atoms with Crippen LogP contribution in [0.4, 0.5) is 0 Å². The molecule has 0 radical (unpaired) electrons. The Morgan fingerprint density at radius 3 is 2.24 bits per heavy atom. The molecule has 1 aromatic rings. The normalized spacial score (nSPS) is 21.3. The van der Waals surface area contributed by atoms with Gasteiger partial charge in [0.05, 0.1) is 27.4 Å². The van der Waals surface area contributed by atoms with Gasteiger partial charge in [-0.05, 0) is 36.5 Å². The first-order valence-electron chi connectivity index (χ1n) is 7.37. The summed E-state index contributed by atoms with van der Waals surface area (Å²) in [5.41, 5.74) is 1.07. The summed E-state index contributed by atoms with van der Waals surface area (Å²) in [5.74, 6) is 2.30. The third kappa shape index (κ3) is 3.80. The lowest BCUT2D eigenvalue weighted by atomic mass is 10.1. The van der Waals surface area contributed by atoms with Crippen molar-refractivity contribution in [3.63, 3.8) is 0 Å². The lowest BCUT2D eigenvalue weighted by Gasteiger charge is -2.17. The van der Waals surface area contributed by atoms with Gasteiger partial charge in [0.25, 0.3) is 0 Å². The van der Waals surface area contributed by atoms with Crippen LogP contribution in [0.3, 0.4) is 0 Å². The molecular formula is C16H25NO4. The van der Waals surface area contributed by atoms with Crippen molar-refractivity contribution in [1.82, 2.24) is 5.32 Å². The lowest BCUT2D eigenvalue weighted by molar-refractivity contribution is 0.131. The third-order valence-corrected chi connectivity index (χ3v) is 4.08. The molecule has 0 spiro atoms. The average Bonchev–Trinajstić information content (AvgIpc) is 2.91. The van der Waals surface area contributed by atoms with E-state index in [1.807, 2.05) is 12.1 Å². The number of hydrogen-bond donors (Lipinski definition) is 2. The number of aliphatic hydroxyl groups is 1. The van der Waals surface area contributed by atoms with E-state index in [0.29, 0.717) is 29.7 Å². The average molecular weight is 295 g/mol. The van der Waals surface area contributed by atoms with Crippen molar-refractivity contribution in [1.29, 1.82) is 0 Å². The minimum absolute atomic E-state index is 0.155. The van der Waals surface area contributed by atoms with Gasteiger partial charge in [-0.1, -0.05) is 6.42 Å². The topological polar surface area (TPSA) is 60.0 Å². The van der Waals surface area contributed by atoms with Gasteiger partial charge in [0.1, 0.15) is 0 Å². The van der Waals surface area contributed by atoms with E-state index in [9.17, 15) is 5.11 Å². The summed E-state index contributed by atoms with van der Waals surface area (Å²) in [6, 6.07) is 3.89. The van der Waals surface area contributed by atoms with Crippen molar-refractivity contribution >= 4 is 0 Å². The third-order valence-electron chi connectivity index (χ3n) is 4.08. The zero-order chi connectivity index (χ0) is 15.2. The molecule has 5 heteroatoms. The standard InChI is InChI=1S/C16H25NO4/c1-19-14-7-11(8-15(20-2)16(14)21-3)9-17-10-12-5-4-6-13(12)18/h7-8,12-13,17-18H,4-6,9-10H2,1-3H3. The molecule has 0 amide bonds. The summed E-state index contributed by atoms with van der Waals surface area (Å²) >= 11 is 0. The molecule has 5 nitrogen and oxygen atoms in total. The second kappa shape index (κ2) is 7.52. The fourth-order valence-corrected chi connectivity index (χ4v) is 2.89. The van der Waals surface area contributed by atoms with Gasteiger partial charge >= 0.3 is 0 Å². The van der Waals surface area contributed by atoms with Crippen molar-refractivity contribution in [2.24, 2.45) is 5.92 Å². The molecule has 0 bridgehead atoms. The predicted molar refractivity (Wildman–Crippen MR) is 81.2 cm³/mol. The van der Waals surface area contributed by atoms with Crippen LogP contribution in [0.15, 0.2) is 12.1 Å². The van der Waals surface area contributed by atoms with Crippen LogP contribution in [0.1, 0.15) is 24.8 Å². The monoisotopic (exact) mass is 295 g/mol. The molecule has 1 fully saturated rings. The minimum atomic E-state index is -0.155. The molecule has 1 saturated carbocycles. The molecule has 0 aliphatic heterocycles. The van der Waals surface area contributed by atoms with Crippen molar-refractivity contribution in [2.75, 3.05) is 27.9 Å². The molecule has 2 unspecified atom stereocenters. The number of methoxy groups -OCH3 is 3. The first kappa shape index (κ1) is 15.9. The van der Waals surface area contributed by atoms with Crippen LogP contribution in [0.2, 0.25) is 0 Å². The molecule has 1 aliphatic rings. The molecular weight excluding hydrogens is 270 g/mol. The number of nitrogens with one attached hydrogen (secondary N) is 1. The van der Waals surface area contributed by atoms with Gasteiger partial charge in [0.2, 0.25) is 5.75 Å². The minimum Gasteiger partial charge on any atom is -0.493 e. The van der Waals surface area contributed by atoms with Gasteiger partial charge in [-0.15, -0.1) is 0 Å².